The first-order valence-corrected chi connectivity index (χ1v) is 8.13. The summed E-state index contributed by atoms with van der Waals surface area (Å²) in [4.78, 5) is 26.2. The van der Waals surface area contributed by atoms with Gasteiger partial charge in [0.15, 0.2) is 0 Å². The van der Waals surface area contributed by atoms with Gasteiger partial charge in [-0.3, -0.25) is 9.59 Å². The second-order valence-electron chi connectivity index (χ2n) is 5.60. The third kappa shape index (κ3) is 3.94. The second-order valence-corrected chi connectivity index (χ2v) is 6.58. The van der Waals surface area contributed by atoms with Gasteiger partial charge in [0.1, 0.15) is 0 Å². The summed E-state index contributed by atoms with van der Waals surface area (Å²) in [6.45, 7) is 0. The Balaban J connectivity index is 2.11. The van der Waals surface area contributed by atoms with Crippen molar-refractivity contribution in [2.24, 2.45) is 0 Å². The standard InChI is InChI=1S/C16H21NO3S/c1-17(14(18)8-7-13-6-5-11-21-13)16(12-15(19)20)9-3-2-4-10-16/h5-8,11H,2-4,9-10,12H2,1H3,(H,19,20). The fourth-order valence-electron chi connectivity index (χ4n) is 3.01. The zero-order chi connectivity index (χ0) is 15.3. The maximum atomic E-state index is 12.4. The van der Waals surface area contributed by atoms with Crippen molar-refractivity contribution in [1.82, 2.24) is 4.90 Å². The number of hydrogen-bond acceptors (Lipinski definition) is 3. The lowest BCUT2D eigenvalue weighted by atomic mass is 9.78. The molecule has 1 aromatic heterocycles. The number of carboxylic acid groups (broad SMARTS) is 1. The molecule has 4 nitrogen and oxygen atoms in total. The smallest absolute Gasteiger partial charge is 0.305 e. The molecule has 1 heterocycles. The first-order chi connectivity index (χ1) is 10.0. The Bertz CT molecular complexity index is 516. The van der Waals surface area contributed by atoms with Gasteiger partial charge in [-0.1, -0.05) is 25.3 Å². The molecule has 0 bridgehead atoms. The van der Waals surface area contributed by atoms with Crippen LogP contribution in [0, 0.1) is 0 Å². The SMILES string of the molecule is CN(C(=O)C=Cc1cccs1)C1(CC(=O)O)CCCCC1. The van der Waals surface area contributed by atoms with Crippen LogP contribution in [-0.4, -0.2) is 34.5 Å². The van der Waals surface area contributed by atoms with Gasteiger partial charge in [-0.25, -0.2) is 0 Å². The molecule has 1 N–H and O–H groups in total. The Morgan fingerprint density at radius 3 is 2.67 bits per heavy atom. The maximum absolute atomic E-state index is 12.4. The number of carboxylic acids is 1. The first kappa shape index (κ1) is 15.8. The van der Waals surface area contributed by atoms with Gasteiger partial charge in [0, 0.05) is 18.0 Å². The van der Waals surface area contributed by atoms with Crippen LogP contribution in [0.3, 0.4) is 0 Å². The Hall–Kier alpha value is -1.62. The van der Waals surface area contributed by atoms with Crippen molar-refractivity contribution in [3.63, 3.8) is 0 Å². The summed E-state index contributed by atoms with van der Waals surface area (Å²) >= 11 is 1.57. The van der Waals surface area contributed by atoms with Gasteiger partial charge in [0.2, 0.25) is 5.91 Å². The Morgan fingerprint density at radius 2 is 2.10 bits per heavy atom. The number of carbonyl (C=O) groups is 2. The number of aliphatic carboxylic acids is 1. The molecular weight excluding hydrogens is 286 g/mol. The van der Waals surface area contributed by atoms with E-state index >= 15 is 0 Å². The largest absolute Gasteiger partial charge is 0.481 e. The van der Waals surface area contributed by atoms with Gasteiger partial charge in [-0.15, -0.1) is 11.3 Å². The summed E-state index contributed by atoms with van der Waals surface area (Å²) in [5, 5.41) is 11.1. The Morgan fingerprint density at radius 1 is 1.38 bits per heavy atom. The third-order valence-corrected chi connectivity index (χ3v) is 5.08. The predicted octanol–water partition coefficient (Wildman–Crippen LogP) is 3.40. The quantitative estimate of drug-likeness (QED) is 0.848. The second kappa shape index (κ2) is 6.89. The summed E-state index contributed by atoms with van der Waals surface area (Å²) in [6, 6.07) is 3.88. The predicted molar refractivity (Wildman–Crippen MR) is 84.2 cm³/mol. The molecule has 1 aliphatic rings. The van der Waals surface area contributed by atoms with Crippen LogP contribution < -0.4 is 0 Å². The highest BCUT2D eigenvalue weighted by Crippen LogP contribution is 2.36. The van der Waals surface area contributed by atoms with Crippen molar-refractivity contribution in [3.05, 3.63) is 28.5 Å². The number of amides is 1. The van der Waals surface area contributed by atoms with E-state index in [1.807, 2.05) is 17.5 Å². The first-order valence-electron chi connectivity index (χ1n) is 7.25. The van der Waals surface area contributed by atoms with Crippen LogP contribution in [0.2, 0.25) is 0 Å². The topological polar surface area (TPSA) is 57.6 Å². The summed E-state index contributed by atoms with van der Waals surface area (Å²) < 4.78 is 0. The van der Waals surface area contributed by atoms with Crippen molar-refractivity contribution in [2.45, 2.75) is 44.1 Å². The zero-order valence-corrected chi connectivity index (χ0v) is 13.1. The normalized spacial score (nSPS) is 17.8. The van der Waals surface area contributed by atoms with Crippen LogP contribution in [-0.2, 0) is 9.59 Å². The van der Waals surface area contributed by atoms with Gasteiger partial charge < -0.3 is 10.0 Å². The average Bonchev–Trinajstić information content (AvgIpc) is 2.97. The van der Waals surface area contributed by atoms with E-state index in [4.69, 9.17) is 0 Å². The fraction of sp³-hybridized carbons (Fsp3) is 0.500. The Kier molecular flexibility index (Phi) is 5.17. The molecule has 0 spiro atoms. The van der Waals surface area contributed by atoms with Crippen LogP contribution in [0.4, 0.5) is 0 Å². The van der Waals surface area contributed by atoms with Gasteiger partial charge in [0.25, 0.3) is 0 Å². The molecule has 1 aliphatic carbocycles. The summed E-state index contributed by atoms with van der Waals surface area (Å²) in [5.74, 6) is -0.953. The van der Waals surface area contributed by atoms with Gasteiger partial charge in [-0.05, 0) is 30.4 Å². The lowest BCUT2D eigenvalue weighted by Crippen LogP contribution is -2.51. The maximum Gasteiger partial charge on any atom is 0.305 e. The highest BCUT2D eigenvalue weighted by Gasteiger charge is 2.39. The molecule has 114 valence electrons. The molecule has 1 aromatic rings. The van der Waals surface area contributed by atoms with Gasteiger partial charge in [0.05, 0.1) is 12.0 Å². The van der Waals surface area contributed by atoms with Gasteiger partial charge >= 0.3 is 5.97 Å². The van der Waals surface area contributed by atoms with Crippen molar-refractivity contribution in [3.8, 4) is 0 Å². The minimum atomic E-state index is -0.834. The lowest BCUT2D eigenvalue weighted by molar-refractivity contribution is -0.144. The molecule has 0 saturated heterocycles. The molecule has 0 radical (unpaired) electrons. The van der Waals surface area contributed by atoms with Crippen LogP contribution >= 0.6 is 11.3 Å². The van der Waals surface area contributed by atoms with E-state index < -0.39 is 11.5 Å². The van der Waals surface area contributed by atoms with Gasteiger partial charge in [-0.2, -0.15) is 0 Å². The molecule has 0 aromatic carbocycles. The van der Waals surface area contributed by atoms with Crippen molar-refractivity contribution < 1.29 is 14.7 Å². The van der Waals surface area contributed by atoms with E-state index in [-0.39, 0.29) is 12.3 Å². The molecule has 1 amide bonds. The van der Waals surface area contributed by atoms with Crippen molar-refractivity contribution >= 4 is 29.3 Å². The average molecular weight is 307 g/mol. The van der Waals surface area contributed by atoms with E-state index in [0.717, 1.165) is 37.0 Å². The van der Waals surface area contributed by atoms with E-state index in [1.54, 1.807) is 35.4 Å². The van der Waals surface area contributed by atoms with Crippen LogP contribution in [0.25, 0.3) is 6.08 Å². The third-order valence-electron chi connectivity index (χ3n) is 4.24. The number of rotatable bonds is 5. The molecule has 5 heteroatoms. The minimum absolute atomic E-state index is 0.0298. The Labute approximate surface area is 129 Å². The lowest BCUT2D eigenvalue weighted by Gasteiger charge is -2.43. The van der Waals surface area contributed by atoms with E-state index in [1.165, 1.54) is 0 Å². The summed E-state index contributed by atoms with van der Waals surface area (Å²) in [7, 11) is 1.73. The van der Waals surface area contributed by atoms with Crippen molar-refractivity contribution in [2.75, 3.05) is 7.05 Å². The van der Waals surface area contributed by atoms with Crippen LogP contribution in [0.5, 0.6) is 0 Å². The van der Waals surface area contributed by atoms with Crippen LogP contribution in [0.15, 0.2) is 23.6 Å². The minimum Gasteiger partial charge on any atom is -0.481 e. The molecule has 1 fully saturated rings. The summed E-state index contributed by atoms with van der Waals surface area (Å²) in [6.07, 6.45) is 8.00. The van der Waals surface area contributed by atoms with E-state index in [2.05, 4.69) is 0 Å². The molecular formula is C16H21NO3S. The van der Waals surface area contributed by atoms with Crippen LogP contribution in [0.1, 0.15) is 43.4 Å². The van der Waals surface area contributed by atoms with E-state index in [0.29, 0.717) is 0 Å². The molecule has 2 rings (SSSR count). The fourth-order valence-corrected chi connectivity index (χ4v) is 3.63. The number of thiophene rings is 1. The highest BCUT2D eigenvalue weighted by molar-refractivity contribution is 7.10. The number of carbonyl (C=O) groups excluding carboxylic acids is 1. The number of hydrogen-bond donors (Lipinski definition) is 1. The molecule has 0 aliphatic heterocycles. The zero-order valence-electron chi connectivity index (χ0n) is 12.2. The number of likely N-dealkylation sites (N-methyl/N-ethyl adjacent to an activating group) is 1. The van der Waals surface area contributed by atoms with Crippen molar-refractivity contribution in [1.29, 1.82) is 0 Å². The molecule has 21 heavy (non-hydrogen) atoms. The number of nitrogens with zero attached hydrogens (tertiary/aromatic N) is 1. The van der Waals surface area contributed by atoms with E-state index in [9.17, 15) is 14.7 Å². The molecule has 1 saturated carbocycles. The molecule has 0 unspecified atom stereocenters. The highest BCUT2D eigenvalue weighted by atomic mass is 32.1. The monoisotopic (exact) mass is 307 g/mol. The summed E-state index contributed by atoms with van der Waals surface area (Å²) in [5.41, 5.74) is -0.527. The molecule has 0 atom stereocenters.